The van der Waals surface area contributed by atoms with Crippen LogP contribution in [0.4, 0.5) is 4.39 Å². The molecule has 3 heteroatoms. The van der Waals surface area contributed by atoms with E-state index in [1.807, 2.05) is 36.4 Å². The van der Waals surface area contributed by atoms with Gasteiger partial charge in [0.1, 0.15) is 5.82 Å². The van der Waals surface area contributed by atoms with Gasteiger partial charge in [0, 0.05) is 6.04 Å². The predicted molar refractivity (Wildman–Crippen MR) is 99.7 cm³/mol. The lowest BCUT2D eigenvalue weighted by Crippen LogP contribution is -2.39. The van der Waals surface area contributed by atoms with E-state index in [-0.39, 0.29) is 24.2 Å². The topological polar surface area (TPSA) is 29.1 Å². The summed E-state index contributed by atoms with van der Waals surface area (Å²) in [5, 5.41) is 3.07. The van der Waals surface area contributed by atoms with Gasteiger partial charge in [-0.05, 0) is 48.4 Å². The van der Waals surface area contributed by atoms with E-state index in [1.165, 1.54) is 38.2 Å². The van der Waals surface area contributed by atoms with Crippen molar-refractivity contribution >= 4 is 5.91 Å². The van der Waals surface area contributed by atoms with Crippen LogP contribution in [0.25, 0.3) is 11.1 Å². The molecule has 1 N–H and O–H groups in total. The number of carbonyl (C=O) groups excluding carboxylic acids is 1. The second-order valence-corrected chi connectivity index (χ2v) is 7.10. The minimum atomic E-state index is -0.318. The molecule has 1 saturated carbocycles. The Kier molecular flexibility index (Phi) is 5.85. The highest BCUT2D eigenvalue weighted by Crippen LogP contribution is 2.26. The highest BCUT2D eigenvalue weighted by atomic mass is 19.1. The van der Waals surface area contributed by atoms with E-state index in [4.69, 9.17) is 0 Å². The number of hydrogen-bond donors (Lipinski definition) is 1. The van der Waals surface area contributed by atoms with Crippen molar-refractivity contribution in [3.05, 3.63) is 59.9 Å². The van der Waals surface area contributed by atoms with Crippen molar-refractivity contribution in [3.63, 3.8) is 0 Å². The molecule has 0 aliphatic heterocycles. The Bertz CT molecular complexity index is 707. The van der Waals surface area contributed by atoms with E-state index in [0.29, 0.717) is 11.5 Å². The molecule has 2 nitrogen and oxygen atoms in total. The van der Waals surface area contributed by atoms with Crippen LogP contribution in [-0.4, -0.2) is 11.9 Å². The molecule has 0 bridgehead atoms. The molecule has 25 heavy (non-hydrogen) atoms. The Hall–Kier alpha value is -2.16. The third-order valence-electron chi connectivity index (χ3n) is 5.26. The quantitative estimate of drug-likeness (QED) is 0.805. The Labute approximate surface area is 149 Å². The van der Waals surface area contributed by atoms with Crippen molar-refractivity contribution < 1.29 is 9.18 Å². The molecule has 2 aromatic rings. The van der Waals surface area contributed by atoms with Gasteiger partial charge in [-0.2, -0.15) is 0 Å². The number of rotatable bonds is 5. The molecule has 1 fully saturated rings. The molecule has 0 spiro atoms. The zero-order valence-electron chi connectivity index (χ0n) is 14.8. The van der Waals surface area contributed by atoms with Crippen LogP contribution < -0.4 is 5.32 Å². The maximum atomic E-state index is 14.4. The molecule has 0 heterocycles. The van der Waals surface area contributed by atoms with E-state index in [2.05, 4.69) is 12.2 Å². The lowest BCUT2D eigenvalue weighted by molar-refractivity contribution is -0.121. The molecule has 132 valence electrons. The van der Waals surface area contributed by atoms with Crippen molar-refractivity contribution in [2.75, 3.05) is 0 Å². The highest BCUT2D eigenvalue weighted by Gasteiger charge is 2.21. The Morgan fingerprint density at radius 3 is 2.48 bits per heavy atom. The SMILES string of the molecule is C[C@@H](NC(=O)Cc1ccc(-c2ccccc2)cc1F)C1CCCCC1. The van der Waals surface area contributed by atoms with Crippen molar-refractivity contribution in [2.45, 2.75) is 51.5 Å². The summed E-state index contributed by atoms with van der Waals surface area (Å²) >= 11 is 0. The van der Waals surface area contributed by atoms with Gasteiger partial charge < -0.3 is 5.32 Å². The first kappa shape index (κ1) is 17.7. The fraction of sp³-hybridized carbons (Fsp3) is 0.409. The van der Waals surface area contributed by atoms with Gasteiger partial charge in [-0.1, -0.05) is 61.7 Å². The predicted octanol–water partition coefficient (Wildman–Crippen LogP) is 5.12. The van der Waals surface area contributed by atoms with Crippen molar-refractivity contribution in [2.24, 2.45) is 5.92 Å². The lowest BCUT2D eigenvalue weighted by atomic mass is 9.84. The van der Waals surface area contributed by atoms with E-state index < -0.39 is 0 Å². The highest BCUT2D eigenvalue weighted by molar-refractivity contribution is 5.79. The van der Waals surface area contributed by atoms with E-state index in [0.717, 1.165) is 11.1 Å². The fourth-order valence-electron chi connectivity index (χ4n) is 3.73. The standard InChI is InChI=1S/C22H26FNO/c1-16(17-8-4-2-5-9-17)24-22(25)15-20-13-12-19(14-21(20)23)18-10-6-3-7-11-18/h3,6-7,10-14,16-17H,2,4-5,8-9,15H2,1H3,(H,24,25)/t16-/m1/s1. The smallest absolute Gasteiger partial charge is 0.224 e. The number of halogens is 1. The zero-order chi connectivity index (χ0) is 17.6. The minimum Gasteiger partial charge on any atom is -0.353 e. The van der Waals surface area contributed by atoms with Gasteiger partial charge in [0.2, 0.25) is 5.91 Å². The first-order chi connectivity index (χ1) is 12.1. The van der Waals surface area contributed by atoms with Crippen LogP contribution in [0.5, 0.6) is 0 Å². The number of hydrogen-bond acceptors (Lipinski definition) is 1. The molecule has 0 unspecified atom stereocenters. The molecule has 1 amide bonds. The van der Waals surface area contributed by atoms with Crippen molar-refractivity contribution in [3.8, 4) is 11.1 Å². The number of nitrogens with one attached hydrogen (secondary N) is 1. The van der Waals surface area contributed by atoms with Crippen molar-refractivity contribution in [1.29, 1.82) is 0 Å². The van der Waals surface area contributed by atoms with Crippen LogP contribution in [-0.2, 0) is 11.2 Å². The molecule has 1 atom stereocenters. The first-order valence-electron chi connectivity index (χ1n) is 9.26. The molecule has 1 aliphatic carbocycles. The summed E-state index contributed by atoms with van der Waals surface area (Å²) < 4.78 is 14.4. The molecular formula is C22H26FNO. The minimum absolute atomic E-state index is 0.0931. The van der Waals surface area contributed by atoms with E-state index >= 15 is 0 Å². The number of carbonyl (C=O) groups is 1. The molecular weight excluding hydrogens is 313 g/mol. The van der Waals surface area contributed by atoms with E-state index in [9.17, 15) is 9.18 Å². The first-order valence-corrected chi connectivity index (χ1v) is 9.26. The summed E-state index contributed by atoms with van der Waals surface area (Å²) in [6.45, 7) is 2.07. The molecule has 1 aliphatic rings. The lowest BCUT2D eigenvalue weighted by Gasteiger charge is -2.28. The maximum Gasteiger partial charge on any atom is 0.224 e. The fourth-order valence-corrected chi connectivity index (χ4v) is 3.73. The van der Waals surface area contributed by atoms with Crippen LogP contribution in [0.1, 0.15) is 44.6 Å². The Morgan fingerprint density at radius 1 is 1.08 bits per heavy atom. The van der Waals surface area contributed by atoms with Crippen LogP contribution in [0.3, 0.4) is 0 Å². The third kappa shape index (κ3) is 4.68. The summed E-state index contributed by atoms with van der Waals surface area (Å²) in [4.78, 5) is 12.3. The molecule has 2 aromatic carbocycles. The third-order valence-corrected chi connectivity index (χ3v) is 5.26. The number of amides is 1. The second kappa shape index (κ2) is 8.28. The van der Waals surface area contributed by atoms with Gasteiger partial charge >= 0.3 is 0 Å². The van der Waals surface area contributed by atoms with Gasteiger partial charge in [-0.25, -0.2) is 4.39 Å². The zero-order valence-corrected chi connectivity index (χ0v) is 14.8. The van der Waals surface area contributed by atoms with Gasteiger partial charge in [0.25, 0.3) is 0 Å². The summed E-state index contributed by atoms with van der Waals surface area (Å²) in [5.41, 5.74) is 2.26. The summed E-state index contributed by atoms with van der Waals surface area (Å²) in [6.07, 6.45) is 6.26. The van der Waals surface area contributed by atoms with Crippen LogP contribution >= 0.6 is 0 Å². The van der Waals surface area contributed by atoms with Crippen LogP contribution in [0.2, 0.25) is 0 Å². The summed E-state index contributed by atoms with van der Waals surface area (Å²) in [6, 6.07) is 15.0. The average molecular weight is 339 g/mol. The molecule has 3 rings (SSSR count). The number of benzene rings is 2. The van der Waals surface area contributed by atoms with Crippen LogP contribution in [0, 0.1) is 11.7 Å². The molecule has 0 aromatic heterocycles. The summed E-state index contributed by atoms with van der Waals surface area (Å²) in [5.74, 6) is 0.147. The van der Waals surface area contributed by atoms with Gasteiger partial charge in [0.05, 0.1) is 6.42 Å². The normalized spacial score (nSPS) is 16.4. The molecule has 0 radical (unpaired) electrons. The van der Waals surface area contributed by atoms with Crippen LogP contribution in [0.15, 0.2) is 48.5 Å². The Balaban J connectivity index is 1.61. The second-order valence-electron chi connectivity index (χ2n) is 7.10. The van der Waals surface area contributed by atoms with E-state index in [1.54, 1.807) is 6.07 Å². The summed E-state index contributed by atoms with van der Waals surface area (Å²) in [7, 11) is 0. The van der Waals surface area contributed by atoms with Gasteiger partial charge in [0.15, 0.2) is 0 Å². The van der Waals surface area contributed by atoms with Gasteiger partial charge in [-0.15, -0.1) is 0 Å². The van der Waals surface area contributed by atoms with Crippen molar-refractivity contribution in [1.82, 2.24) is 5.32 Å². The monoisotopic (exact) mass is 339 g/mol. The average Bonchev–Trinajstić information content (AvgIpc) is 2.65. The van der Waals surface area contributed by atoms with Gasteiger partial charge in [-0.3, -0.25) is 4.79 Å². The maximum absolute atomic E-state index is 14.4. The Morgan fingerprint density at radius 2 is 1.80 bits per heavy atom. The molecule has 0 saturated heterocycles. The largest absolute Gasteiger partial charge is 0.353 e.